The third kappa shape index (κ3) is 5.00. The smallest absolute Gasteiger partial charge is 0.146 e. The Hall–Kier alpha value is -0.860. The molecule has 0 aliphatic rings. The summed E-state index contributed by atoms with van der Waals surface area (Å²) >= 11 is 0. The van der Waals surface area contributed by atoms with Crippen LogP contribution >= 0.6 is 0 Å². The maximum Gasteiger partial charge on any atom is 0.146 e. The summed E-state index contributed by atoms with van der Waals surface area (Å²) in [4.78, 5) is 0. The lowest BCUT2D eigenvalue weighted by atomic mass is 10.1. The van der Waals surface area contributed by atoms with E-state index in [0.29, 0.717) is 6.79 Å². The number of benzene rings is 1. The second kappa shape index (κ2) is 7.54. The van der Waals surface area contributed by atoms with Crippen molar-refractivity contribution >= 4 is 0 Å². The van der Waals surface area contributed by atoms with Crippen molar-refractivity contribution in [2.45, 2.75) is 19.8 Å². The topological polar surface area (TPSA) is 18.5 Å². The zero-order chi connectivity index (χ0) is 10.1. The Morgan fingerprint density at radius 1 is 1.07 bits per heavy atom. The van der Waals surface area contributed by atoms with E-state index < -0.39 is 0 Å². The summed E-state index contributed by atoms with van der Waals surface area (Å²) in [5.74, 6) is 0. The molecule has 0 atom stereocenters. The molecule has 0 bridgehead atoms. The summed E-state index contributed by atoms with van der Waals surface area (Å²) in [6.07, 6.45) is 2.13. The Bertz CT molecular complexity index is 221. The maximum atomic E-state index is 5.27. The molecule has 0 aliphatic heterocycles. The van der Waals surface area contributed by atoms with Gasteiger partial charge in [0.1, 0.15) is 6.79 Å². The molecule has 78 valence electrons. The fourth-order valence-corrected chi connectivity index (χ4v) is 1.22. The third-order valence-electron chi connectivity index (χ3n) is 1.97. The van der Waals surface area contributed by atoms with Gasteiger partial charge in [-0.3, -0.25) is 0 Å². The van der Waals surface area contributed by atoms with Gasteiger partial charge >= 0.3 is 0 Å². The molecule has 0 unspecified atom stereocenters. The number of aryl methyl sites for hydroxylation is 1. The largest absolute Gasteiger partial charge is 0.356 e. The van der Waals surface area contributed by atoms with E-state index in [2.05, 4.69) is 24.3 Å². The van der Waals surface area contributed by atoms with Crippen LogP contribution in [-0.4, -0.2) is 20.0 Å². The monoisotopic (exact) mass is 194 g/mol. The van der Waals surface area contributed by atoms with Crippen LogP contribution in [0.5, 0.6) is 0 Å². The van der Waals surface area contributed by atoms with Gasteiger partial charge in [0.2, 0.25) is 0 Å². The molecule has 0 N–H and O–H groups in total. The van der Waals surface area contributed by atoms with Crippen molar-refractivity contribution in [1.29, 1.82) is 0 Å². The van der Waals surface area contributed by atoms with Crippen molar-refractivity contribution in [3.05, 3.63) is 35.9 Å². The first-order valence-electron chi connectivity index (χ1n) is 5.13. The molecule has 1 rings (SSSR count). The van der Waals surface area contributed by atoms with Crippen molar-refractivity contribution in [3.8, 4) is 0 Å². The van der Waals surface area contributed by atoms with E-state index in [1.807, 2.05) is 13.0 Å². The fourth-order valence-electron chi connectivity index (χ4n) is 1.22. The summed E-state index contributed by atoms with van der Waals surface area (Å²) in [6, 6.07) is 10.5. The van der Waals surface area contributed by atoms with Crippen molar-refractivity contribution in [2.24, 2.45) is 0 Å². The van der Waals surface area contributed by atoms with Crippen molar-refractivity contribution in [2.75, 3.05) is 20.0 Å². The Balaban J connectivity index is 1.99. The van der Waals surface area contributed by atoms with Gasteiger partial charge in [-0.1, -0.05) is 30.3 Å². The molecule has 0 aromatic heterocycles. The maximum absolute atomic E-state index is 5.27. The van der Waals surface area contributed by atoms with Gasteiger partial charge in [0, 0.05) is 13.2 Å². The number of ether oxygens (including phenoxy) is 2. The predicted molar refractivity (Wildman–Crippen MR) is 57.2 cm³/mol. The molecule has 0 saturated heterocycles. The van der Waals surface area contributed by atoms with Gasteiger partial charge in [-0.25, -0.2) is 0 Å². The van der Waals surface area contributed by atoms with Crippen LogP contribution in [0.3, 0.4) is 0 Å². The summed E-state index contributed by atoms with van der Waals surface area (Å²) in [6.45, 7) is 3.88. The highest BCUT2D eigenvalue weighted by Crippen LogP contribution is 2.02. The minimum atomic E-state index is 0.422. The van der Waals surface area contributed by atoms with E-state index in [9.17, 15) is 0 Å². The average Bonchev–Trinajstić information content (AvgIpc) is 2.25. The van der Waals surface area contributed by atoms with E-state index in [1.54, 1.807) is 0 Å². The van der Waals surface area contributed by atoms with Crippen molar-refractivity contribution < 1.29 is 9.47 Å². The number of rotatable bonds is 7. The van der Waals surface area contributed by atoms with E-state index in [-0.39, 0.29) is 0 Å². The Morgan fingerprint density at radius 2 is 1.86 bits per heavy atom. The average molecular weight is 194 g/mol. The summed E-state index contributed by atoms with van der Waals surface area (Å²) in [5, 5.41) is 0. The Morgan fingerprint density at radius 3 is 2.57 bits per heavy atom. The molecule has 0 saturated carbocycles. The van der Waals surface area contributed by atoms with Crippen molar-refractivity contribution in [1.82, 2.24) is 0 Å². The Labute approximate surface area is 85.8 Å². The SMILES string of the molecule is CCOCOCCCc1ccccc1. The first-order valence-corrected chi connectivity index (χ1v) is 5.13. The highest BCUT2D eigenvalue weighted by atomic mass is 16.7. The van der Waals surface area contributed by atoms with Crippen molar-refractivity contribution in [3.63, 3.8) is 0 Å². The molecule has 1 aromatic rings. The van der Waals surface area contributed by atoms with Crippen LogP contribution in [-0.2, 0) is 15.9 Å². The number of hydrogen-bond donors (Lipinski definition) is 0. The van der Waals surface area contributed by atoms with E-state index in [1.165, 1.54) is 5.56 Å². The number of hydrogen-bond acceptors (Lipinski definition) is 2. The summed E-state index contributed by atoms with van der Waals surface area (Å²) in [7, 11) is 0. The van der Waals surface area contributed by atoms with Gasteiger partial charge < -0.3 is 9.47 Å². The van der Waals surface area contributed by atoms with Crippen LogP contribution < -0.4 is 0 Å². The third-order valence-corrected chi connectivity index (χ3v) is 1.97. The standard InChI is InChI=1S/C12H18O2/c1-2-13-11-14-10-6-9-12-7-4-3-5-8-12/h3-5,7-8H,2,6,9-11H2,1H3. The molecule has 0 heterocycles. The van der Waals surface area contributed by atoms with E-state index in [4.69, 9.17) is 9.47 Å². The highest BCUT2D eigenvalue weighted by molar-refractivity contribution is 5.14. The minimum Gasteiger partial charge on any atom is -0.356 e. The van der Waals surface area contributed by atoms with Crippen LogP contribution in [0.25, 0.3) is 0 Å². The van der Waals surface area contributed by atoms with E-state index in [0.717, 1.165) is 26.1 Å². The van der Waals surface area contributed by atoms with Crippen LogP contribution in [0, 0.1) is 0 Å². The zero-order valence-electron chi connectivity index (χ0n) is 8.74. The van der Waals surface area contributed by atoms with Crippen LogP contribution in [0.15, 0.2) is 30.3 Å². The van der Waals surface area contributed by atoms with Gasteiger partial charge in [-0.15, -0.1) is 0 Å². The van der Waals surface area contributed by atoms with Gasteiger partial charge in [0.25, 0.3) is 0 Å². The molecule has 0 aliphatic carbocycles. The van der Waals surface area contributed by atoms with Gasteiger partial charge in [0.15, 0.2) is 0 Å². The lowest BCUT2D eigenvalue weighted by molar-refractivity contribution is -0.0497. The molecule has 2 nitrogen and oxygen atoms in total. The first-order chi connectivity index (χ1) is 6.93. The second-order valence-electron chi connectivity index (χ2n) is 3.11. The van der Waals surface area contributed by atoms with Crippen LogP contribution in [0.1, 0.15) is 18.9 Å². The molecule has 1 aromatic carbocycles. The normalized spacial score (nSPS) is 10.4. The molecule has 2 heteroatoms. The first kappa shape index (κ1) is 11.2. The minimum absolute atomic E-state index is 0.422. The molecule has 0 radical (unpaired) electrons. The second-order valence-corrected chi connectivity index (χ2v) is 3.11. The predicted octanol–water partition coefficient (Wildman–Crippen LogP) is 2.63. The summed E-state index contributed by atoms with van der Waals surface area (Å²) in [5.41, 5.74) is 1.37. The van der Waals surface area contributed by atoms with Crippen LogP contribution in [0.2, 0.25) is 0 Å². The molecule has 0 amide bonds. The van der Waals surface area contributed by atoms with Gasteiger partial charge in [0.05, 0.1) is 0 Å². The molecule has 0 spiro atoms. The molecular weight excluding hydrogens is 176 g/mol. The quantitative estimate of drug-likeness (QED) is 0.490. The fraction of sp³-hybridized carbons (Fsp3) is 0.500. The zero-order valence-corrected chi connectivity index (χ0v) is 8.74. The summed E-state index contributed by atoms with van der Waals surface area (Å²) < 4.78 is 10.3. The van der Waals surface area contributed by atoms with Gasteiger partial charge in [-0.2, -0.15) is 0 Å². The highest BCUT2D eigenvalue weighted by Gasteiger charge is 1.91. The van der Waals surface area contributed by atoms with E-state index >= 15 is 0 Å². The van der Waals surface area contributed by atoms with Gasteiger partial charge in [-0.05, 0) is 25.3 Å². The lowest BCUT2D eigenvalue weighted by Crippen LogP contribution is -2.01. The molecule has 14 heavy (non-hydrogen) atoms. The molecule has 0 fully saturated rings. The molecular formula is C12H18O2. The van der Waals surface area contributed by atoms with Crippen LogP contribution in [0.4, 0.5) is 0 Å². The Kier molecular flexibility index (Phi) is 6.04. The lowest BCUT2D eigenvalue weighted by Gasteiger charge is -2.03.